The normalized spacial score (nSPS) is 16.5. The number of carbonyl (C=O) groups is 2. The Balaban J connectivity index is 1.57. The maximum Gasteiger partial charge on any atom is 0.251 e. The minimum Gasteiger partial charge on any atom is -0.494 e. The topological polar surface area (TPSA) is 58.6 Å². The number of carbonyl (C=O) groups excluding carboxylic acids is 2. The van der Waals surface area contributed by atoms with E-state index in [0.717, 1.165) is 17.0 Å². The molecule has 3 aromatic rings. The molecule has 32 heavy (non-hydrogen) atoms. The van der Waals surface area contributed by atoms with Crippen molar-refractivity contribution in [3.05, 3.63) is 74.1 Å². The highest BCUT2D eigenvalue weighted by molar-refractivity contribution is 7.10. The number of amides is 2. The van der Waals surface area contributed by atoms with Crippen molar-refractivity contribution in [1.82, 2.24) is 10.2 Å². The number of hydrogen-bond acceptors (Lipinski definition) is 5. The van der Waals surface area contributed by atoms with Gasteiger partial charge in [0.25, 0.3) is 5.91 Å². The molecule has 0 spiro atoms. The van der Waals surface area contributed by atoms with Crippen LogP contribution in [0.5, 0.6) is 5.75 Å². The van der Waals surface area contributed by atoms with Gasteiger partial charge in [-0.05, 0) is 72.0 Å². The largest absolute Gasteiger partial charge is 0.494 e. The lowest BCUT2D eigenvalue weighted by atomic mass is 9.95. The summed E-state index contributed by atoms with van der Waals surface area (Å²) in [6, 6.07) is 12.6. The first-order valence-corrected chi connectivity index (χ1v) is 12.7. The molecular formula is C25H28N2O3S2. The number of hydrogen-bond donors (Lipinski definition) is 1. The molecule has 168 valence electrons. The van der Waals surface area contributed by atoms with Crippen LogP contribution in [0.25, 0.3) is 0 Å². The molecule has 1 unspecified atom stereocenters. The molecule has 0 fully saturated rings. The molecule has 2 atom stereocenters. The van der Waals surface area contributed by atoms with Crippen LogP contribution in [-0.2, 0) is 11.2 Å². The van der Waals surface area contributed by atoms with E-state index >= 15 is 0 Å². The molecule has 1 N–H and O–H groups in total. The fourth-order valence-corrected chi connectivity index (χ4v) is 5.85. The van der Waals surface area contributed by atoms with Crippen LogP contribution >= 0.6 is 22.7 Å². The molecule has 5 nitrogen and oxygen atoms in total. The van der Waals surface area contributed by atoms with E-state index in [1.165, 1.54) is 10.4 Å². The van der Waals surface area contributed by atoms with Gasteiger partial charge in [0.2, 0.25) is 5.91 Å². The van der Waals surface area contributed by atoms with Crippen LogP contribution in [0, 0.1) is 5.92 Å². The van der Waals surface area contributed by atoms with Crippen LogP contribution in [0.4, 0.5) is 0 Å². The summed E-state index contributed by atoms with van der Waals surface area (Å²) in [5.74, 6) is 0.400. The van der Waals surface area contributed by atoms with Gasteiger partial charge in [-0.2, -0.15) is 0 Å². The van der Waals surface area contributed by atoms with Crippen LogP contribution in [-0.4, -0.2) is 35.9 Å². The van der Waals surface area contributed by atoms with E-state index in [4.69, 9.17) is 4.74 Å². The van der Waals surface area contributed by atoms with Gasteiger partial charge in [-0.3, -0.25) is 9.59 Å². The summed E-state index contributed by atoms with van der Waals surface area (Å²) >= 11 is 3.42. The van der Waals surface area contributed by atoms with Crippen molar-refractivity contribution in [2.45, 2.75) is 39.3 Å². The average molecular weight is 469 g/mol. The van der Waals surface area contributed by atoms with E-state index < -0.39 is 6.04 Å². The van der Waals surface area contributed by atoms with Gasteiger partial charge >= 0.3 is 0 Å². The molecule has 1 aromatic carbocycles. The van der Waals surface area contributed by atoms with E-state index in [-0.39, 0.29) is 23.8 Å². The summed E-state index contributed by atoms with van der Waals surface area (Å²) in [6.07, 6.45) is 0.846. The molecule has 1 aliphatic rings. The average Bonchev–Trinajstić information content (AvgIpc) is 3.48. The molecule has 0 radical (unpaired) electrons. The van der Waals surface area contributed by atoms with Crippen LogP contribution in [0.2, 0.25) is 0 Å². The second-order valence-electron chi connectivity index (χ2n) is 8.15. The smallest absolute Gasteiger partial charge is 0.251 e. The zero-order valence-corrected chi connectivity index (χ0v) is 20.2. The first-order valence-electron chi connectivity index (χ1n) is 10.9. The molecule has 2 aromatic heterocycles. The molecule has 1 aliphatic heterocycles. The van der Waals surface area contributed by atoms with E-state index in [2.05, 4.69) is 22.8 Å². The molecule has 0 saturated heterocycles. The first-order chi connectivity index (χ1) is 15.5. The predicted octanol–water partition coefficient (Wildman–Crippen LogP) is 5.14. The Morgan fingerprint density at radius 2 is 1.91 bits per heavy atom. The van der Waals surface area contributed by atoms with Crippen molar-refractivity contribution in [3.8, 4) is 5.75 Å². The number of nitrogens with zero attached hydrogens (tertiary/aromatic N) is 1. The number of rotatable bonds is 7. The number of ether oxygens (including phenoxy) is 1. The quantitative estimate of drug-likeness (QED) is 0.523. The zero-order valence-electron chi connectivity index (χ0n) is 18.5. The van der Waals surface area contributed by atoms with Crippen LogP contribution in [0.3, 0.4) is 0 Å². The Morgan fingerprint density at radius 3 is 2.56 bits per heavy atom. The zero-order chi connectivity index (χ0) is 22.7. The van der Waals surface area contributed by atoms with E-state index in [0.29, 0.717) is 18.7 Å². The fraction of sp³-hybridized carbons (Fsp3) is 0.360. The van der Waals surface area contributed by atoms with Crippen molar-refractivity contribution in [2.24, 2.45) is 5.92 Å². The molecule has 0 saturated carbocycles. The minimum atomic E-state index is -0.600. The Labute approximate surface area is 197 Å². The third-order valence-corrected chi connectivity index (χ3v) is 7.63. The Bertz CT molecular complexity index is 1060. The summed E-state index contributed by atoms with van der Waals surface area (Å²) in [5, 5.41) is 7.15. The van der Waals surface area contributed by atoms with E-state index in [1.807, 2.05) is 37.1 Å². The second kappa shape index (κ2) is 9.88. The monoisotopic (exact) mass is 468 g/mol. The predicted molar refractivity (Wildman–Crippen MR) is 130 cm³/mol. The first kappa shape index (κ1) is 22.6. The number of nitrogens with one attached hydrogen (secondary N) is 1. The summed E-state index contributed by atoms with van der Waals surface area (Å²) < 4.78 is 5.46. The highest BCUT2D eigenvalue weighted by Gasteiger charge is 2.38. The van der Waals surface area contributed by atoms with Gasteiger partial charge in [0.05, 0.1) is 12.6 Å². The number of thiophene rings is 2. The Hall–Kier alpha value is -2.64. The maximum absolute atomic E-state index is 13.8. The molecule has 3 heterocycles. The van der Waals surface area contributed by atoms with Gasteiger partial charge in [-0.15, -0.1) is 22.7 Å². The van der Waals surface area contributed by atoms with Crippen LogP contribution in [0.1, 0.15) is 52.5 Å². The molecule has 0 bridgehead atoms. The van der Waals surface area contributed by atoms with Gasteiger partial charge in [-0.25, -0.2) is 0 Å². The summed E-state index contributed by atoms with van der Waals surface area (Å²) in [7, 11) is 0. The van der Waals surface area contributed by atoms with E-state index in [9.17, 15) is 9.59 Å². The lowest BCUT2D eigenvalue weighted by molar-refractivity contribution is -0.136. The van der Waals surface area contributed by atoms with Gasteiger partial charge in [0.1, 0.15) is 11.8 Å². The van der Waals surface area contributed by atoms with Crippen molar-refractivity contribution in [1.29, 1.82) is 0 Å². The molecule has 7 heteroatoms. The molecular weight excluding hydrogens is 440 g/mol. The lowest BCUT2D eigenvalue weighted by Gasteiger charge is -2.38. The molecule has 2 amide bonds. The van der Waals surface area contributed by atoms with Crippen LogP contribution in [0.15, 0.2) is 53.2 Å². The summed E-state index contributed by atoms with van der Waals surface area (Å²) in [4.78, 5) is 31.2. The SMILES string of the molecule is CCOc1ccc(C(=O)N[C@H](C(=O)N2CCc3sccc3C2c2cccs2)C(C)C)cc1. The minimum absolute atomic E-state index is 0.0328. The third-order valence-electron chi connectivity index (χ3n) is 5.71. The lowest BCUT2D eigenvalue weighted by Crippen LogP contribution is -2.53. The van der Waals surface area contributed by atoms with Crippen LogP contribution < -0.4 is 10.1 Å². The highest BCUT2D eigenvalue weighted by atomic mass is 32.1. The van der Waals surface area contributed by atoms with Crippen molar-refractivity contribution >= 4 is 34.5 Å². The van der Waals surface area contributed by atoms with Gasteiger partial charge in [-0.1, -0.05) is 19.9 Å². The van der Waals surface area contributed by atoms with Crippen molar-refractivity contribution in [3.63, 3.8) is 0 Å². The van der Waals surface area contributed by atoms with Gasteiger partial charge < -0.3 is 15.0 Å². The van der Waals surface area contributed by atoms with Crippen molar-refractivity contribution in [2.75, 3.05) is 13.2 Å². The molecule has 4 rings (SSSR count). The maximum atomic E-state index is 13.8. The summed E-state index contributed by atoms with van der Waals surface area (Å²) in [6.45, 7) is 7.09. The standard InChI is InChI=1S/C25H28N2O3S2/c1-4-30-18-9-7-17(8-10-18)24(28)26-22(16(2)3)25(29)27-13-11-20-19(12-15-32-20)23(27)21-6-5-14-31-21/h5-10,12,14-16,22-23H,4,11,13H2,1-3H3,(H,26,28)/t22-,23?/m0/s1. The number of benzene rings is 1. The Morgan fingerprint density at radius 1 is 1.12 bits per heavy atom. The molecule has 0 aliphatic carbocycles. The van der Waals surface area contributed by atoms with E-state index in [1.54, 1.807) is 46.9 Å². The Kier molecular flexibility index (Phi) is 6.96. The second-order valence-corrected chi connectivity index (χ2v) is 10.1. The number of fused-ring (bicyclic) bond motifs is 1. The highest BCUT2D eigenvalue weighted by Crippen LogP contribution is 2.40. The van der Waals surface area contributed by atoms with Gasteiger partial charge in [0.15, 0.2) is 0 Å². The third kappa shape index (κ3) is 4.59. The summed E-state index contributed by atoms with van der Waals surface area (Å²) in [5.41, 5.74) is 1.72. The van der Waals surface area contributed by atoms with Gasteiger partial charge in [0, 0.05) is 21.9 Å². The van der Waals surface area contributed by atoms with Crippen molar-refractivity contribution < 1.29 is 14.3 Å². The fourth-order valence-electron chi connectivity index (χ4n) is 4.09.